The predicted octanol–water partition coefficient (Wildman–Crippen LogP) is -0.195. The van der Waals surface area contributed by atoms with Crippen molar-refractivity contribution in [3.8, 4) is 11.5 Å². The molecule has 2 aromatic rings. The van der Waals surface area contributed by atoms with Crippen LogP contribution in [0.15, 0.2) is 33.9 Å². The first kappa shape index (κ1) is 14.9. The number of carbonyl (C=O) groups is 1. The molecule has 1 aromatic heterocycles. The third-order valence-corrected chi connectivity index (χ3v) is 3.52. The summed E-state index contributed by atoms with van der Waals surface area (Å²) >= 11 is 0. The van der Waals surface area contributed by atoms with Gasteiger partial charge in [-0.2, -0.15) is 0 Å². The first-order valence-corrected chi connectivity index (χ1v) is 7.00. The van der Waals surface area contributed by atoms with E-state index in [9.17, 15) is 14.4 Å². The number of methoxy groups -OCH3 is 1. The molecule has 0 aliphatic carbocycles. The van der Waals surface area contributed by atoms with Crippen LogP contribution in [0.4, 0.5) is 0 Å². The van der Waals surface area contributed by atoms with Gasteiger partial charge in [-0.05, 0) is 12.5 Å². The molecule has 3 N–H and O–H groups in total. The van der Waals surface area contributed by atoms with Crippen LogP contribution in [0.25, 0.3) is 0 Å². The molecule has 1 aliphatic heterocycles. The molecule has 0 spiro atoms. The Bertz CT molecular complexity index is 826. The van der Waals surface area contributed by atoms with Crippen molar-refractivity contribution in [3.05, 3.63) is 56.4 Å². The van der Waals surface area contributed by atoms with Crippen LogP contribution in [0, 0.1) is 0 Å². The molecule has 1 aliphatic rings. The lowest BCUT2D eigenvalue weighted by molar-refractivity contribution is 0.0908. The van der Waals surface area contributed by atoms with E-state index in [0.717, 1.165) is 11.6 Å². The van der Waals surface area contributed by atoms with E-state index in [4.69, 9.17) is 9.47 Å². The molecule has 0 radical (unpaired) electrons. The Morgan fingerprint density at radius 3 is 2.91 bits per heavy atom. The number of para-hydroxylation sites is 1. The van der Waals surface area contributed by atoms with Crippen molar-refractivity contribution in [1.29, 1.82) is 0 Å². The van der Waals surface area contributed by atoms with Gasteiger partial charge in [0.05, 0.1) is 13.2 Å². The van der Waals surface area contributed by atoms with E-state index in [2.05, 4.69) is 10.3 Å². The maximum atomic E-state index is 12.1. The van der Waals surface area contributed by atoms with Crippen molar-refractivity contribution >= 4 is 5.91 Å². The summed E-state index contributed by atoms with van der Waals surface area (Å²) in [5.74, 6) is 0.782. The highest BCUT2D eigenvalue weighted by Crippen LogP contribution is 2.34. The molecule has 2 heterocycles. The number of amides is 1. The molecular formula is C15H15N3O5. The Morgan fingerprint density at radius 1 is 1.35 bits per heavy atom. The van der Waals surface area contributed by atoms with E-state index >= 15 is 0 Å². The maximum absolute atomic E-state index is 12.1. The molecule has 1 unspecified atom stereocenters. The van der Waals surface area contributed by atoms with Gasteiger partial charge >= 0.3 is 5.69 Å². The Kier molecular flexibility index (Phi) is 3.88. The van der Waals surface area contributed by atoms with Crippen LogP contribution in [0.5, 0.6) is 11.5 Å². The second-order valence-electron chi connectivity index (χ2n) is 5.14. The first-order valence-electron chi connectivity index (χ1n) is 7.00. The van der Waals surface area contributed by atoms with Gasteiger partial charge in [0.1, 0.15) is 12.3 Å². The van der Waals surface area contributed by atoms with Crippen LogP contribution in [0.1, 0.15) is 16.1 Å². The molecular weight excluding hydrogens is 302 g/mol. The van der Waals surface area contributed by atoms with Crippen LogP contribution in [-0.4, -0.2) is 35.6 Å². The average Bonchev–Trinajstić information content (AvgIpc) is 2.53. The van der Waals surface area contributed by atoms with Gasteiger partial charge in [0.25, 0.3) is 11.5 Å². The van der Waals surface area contributed by atoms with Crippen LogP contribution >= 0.6 is 0 Å². The highest BCUT2D eigenvalue weighted by Gasteiger charge is 2.24. The summed E-state index contributed by atoms with van der Waals surface area (Å²) in [5.41, 5.74) is -0.526. The molecule has 1 aromatic carbocycles. The number of rotatable bonds is 3. The number of carbonyl (C=O) groups excluding carboxylic acids is 1. The Morgan fingerprint density at radius 2 is 2.17 bits per heavy atom. The third kappa shape index (κ3) is 3.10. The number of ether oxygens (including phenoxy) is 2. The lowest BCUT2D eigenvalue weighted by Gasteiger charge is -2.27. The zero-order valence-corrected chi connectivity index (χ0v) is 12.3. The molecule has 1 atom stereocenters. The average molecular weight is 317 g/mol. The molecule has 1 amide bonds. The number of H-pyrrole nitrogens is 2. The normalized spacial score (nSPS) is 16.1. The topological polar surface area (TPSA) is 113 Å². The molecule has 0 saturated carbocycles. The molecule has 0 fully saturated rings. The van der Waals surface area contributed by atoms with Gasteiger partial charge in [-0.15, -0.1) is 0 Å². The second kappa shape index (κ2) is 5.99. The highest BCUT2D eigenvalue weighted by molar-refractivity contribution is 5.92. The number of aromatic amines is 2. The summed E-state index contributed by atoms with van der Waals surface area (Å²) in [6, 6.07) is 6.31. The van der Waals surface area contributed by atoms with Gasteiger partial charge in [-0.25, -0.2) is 4.79 Å². The monoisotopic (exact) mass is 317 g/mol. The summed E-state index contributed by atoms with van der Waals surface area (Å²) in [5, 5.41) is 2.74. The quantitative estimate of drug-likeness (QED) is 0.726. The first-order chi connectivity index (χ1) is 11.1. The summed E-state index contributed by atoms with van der Waals surface area (Å²) in [6.45, 7) is 0.270. The van der Waals surface area contributed by atoms with Gasteiger partial charge in [0.15, 0.2) is 11.5 Å². The summed E-state index contributed by atoms with van der Waals surface area (Å²) in [7, 11) is 1.57. The van der Waals surface area contributed by atoms with E-state index in [1.807, 2.05) is 17.1 Å². The minimum Gasteiger partial charge on any atom is -0.493 e. The number of fused-ring (bicyclic) bond motifs is 1. The van der Waals surface area contributed by atoms with Crippen molar-refractivity contribution in [2.75, 3.05) is 13.7 Å². The van der Waals surface area contributed by atoms with E-state index in [0.29, 0.717) is 17.9 Å². The highest BCUT2D eigenvalue weighted by atomic mass is 16.5. The Balaban J connectivity index is 1.76. The summed E-state index contributed by atoms with van der Waals surface area (Å²) in [4.78, 5) is 38.9. The van der Waals surface area contributed by atoms with Gasteiger partial charge in [-0.3, -0.25) is 14.6 Å². The van der Waals surface area contributed by atoms with Crippen molar-refractivity contribution in [1.82, 2.24) is 15.3 Å². The van der Waals surface area contributed by atoms with Crippen LogP contribution in [0.3, 0.4) is 0 Å². The molecule has 8 heteroatoms. The van der Waals surface area contributed by atoms with Crippen molar-refractivity contribution in [3.63, 3.8) is 0 Å². The van der Waals surface area contributed by atoms with Gasteiger partial charge in [-0.1, -0.05) is 12.1 Å². The molecule has 0 saturated heterocycles. The van der Waals surface area contributed by atoms with Gasteiger partial charge in [0, 0.05) is 11.6 Å². The fraction of sp³-hybridized carbons (Fsp3) is 0.267. The molecule has 3 rings (SSSR count). The van der Waals surface area contributed by atoms with Gasteiger partial charge in [0.2, 0.25) is 0 Å². The minimum absolute atomic E-state index is 0.0878. The van der Waals surface area contributed by atoms with E-state index < -0.39 is 17.2 Å². The SMILES string of the molecule is COc1cccc2c1OCC(NC(=O)c1cc(=O)[nH]c(=O)[nH]1)C2. The molecule has 120 valence electrons. The van der Waals surface area contributed by atoms with Crippen molar-refractivity contribution < 1.29 is 14.3 Å². The fourth-order valence-electron chi connectivity index (χ4n) is 2.50. The molecule has 23 heavy (non-hydrogen) atoms. The lowest BCUT2D eigenvalue weighted by atomic mass is 10.0. The van der Waals surface area contributed by atoms with E-state index in [-0.39, 0.29) is 18.3 Å². The largest absolute Gasteiger partial charge is 0.493 e. The van der Waals surface area contributed by atoms with Crippen LogP contribution in [0.2, 0.25) is 0 Å². The van der Waals surface area contributed by atoms with E-state index in [1.54, 1.807) is 13.2 Å². The number of hydrogen-bond acceptors (Lipinski definition) is 5. The number of nitrogens with one attached hydrogen (secondary N) is 3. The zero-order valence-electron chi connectivity index (χ0n) is 12.3. The zero-order chi connectivity index (χ0) is 16.4. The van der Waals surface area contributed by atoms with Crippen LogP contribution < -0.4 is 26.0 Å². The third-order valence-electron chi connectivity index (χ3n) is 3.52. The number of aromatic nitrogens is 2. The number of benzene rings is 1. The minimum atomic E-state index is -0.724. The fourth-order valence-corrected chi connectivity index (χ4v) is 2.50. The Labute approximate surface area is 130 Å². The smallest absolute Gasteiger partial charge is 0.326 e. The summed E-state index contributed by atoms with van der Waals surface area (Å²) < 4.78 is 10.9. The maximum Gasteiger partial charge on any atom is 0.326 e. The standard InChI is InChI=1S/C15H15N3O5/c1-22-11-4-2-3-8-5-9(7-23-13(8)11)16-14(20)10-6-12(19)18-15(21)17-10/h2-4,6,9H,5,7H2,1H3,(H,16,20)(H2,17,18,19,21). The summed E-state index contributed by atoms with van der Waals surface area (Å²) in [6.07, 6.45) is 0.561. The number of hydrogen-bond donors (Lipinski definition) is 3. The van der Waals surface area contributed by atoms with Gasteiger partial charge < -0.3 is 19.8 Å². The van der Waals surface area contributed by atoms with Crippen molar-refractivity contribution in [2.45, 2.75) is 12.5 Å². The van der Waals surface area contributed by atoms with E-state index in [1.165, 1.54) is 0 Å². The van der Waals surface area contributed by atoms with Crippen molar-refractivity contribution in [2.24, 2.45) is 0 Å². The predicted molar refractivity (Wildman–Crippen MR) is 81.1 cm³/mol. The second-order valence-corrected chi connectivity index (χ2v) is 5.14. The lowest BCUT2D eigenvalue weighted by Crippen LogP contribution is -2.43. The molecule has 8 nitrogen and oxygen atoms in total. The Hall–Kier alpha value is -3.03. The molecule has 0 bridgehead atoms. The van der Waals surface area contributed by atoms with Crippen LogP contribution in [-0.2, 0) is 6.42 Å².